The predicted octanol–water partition coefficient (Wildman–Crippen LogP) is 6.12. The highest BCUT2D eigenvalue weighted by molar-refractivity contribution is 9.10. The summed E-state index contributed by atoms with van der Waals surface area (Å²) in [6.07, 6.45) is 1.65. The summed E-state index contributed by atoms with van der Waals surface area (Å²) in [5.74, 6) is -0.0427. The maximum Gasteiger partial charge on any atom is 0.337 e. The molecule has 3 rings (SSSR count). The van der Waals surface area contributed by atoms with E-state index in [1.165, 1.54) is 12.1 Å². The molecule has 1 aromatic heterocycles. The Morgan fingerprint density at radius 1 is 1.15 bits per heavy atom. The molecule has 6 heteroatoms. The van der Waals surface area contributed by atoms with Crippen LogP contribution in [0.3, 0.4) is 0 Å². The van der Waals surface area contributed by atoms with Crippen LogP contribution in [-0.2, 0) is 0 Å². The number of halogens is 2. The van der Waals surface area contributed by atoms with Crippen LogP contribution in [0, 0.1) is 11.3 Å². The first-order chi connectivity index (χ1) is 12.5. The van der Waals surface area contributed by atoms with Gasteiger partial charge in [-0.3, -0.25) is 0 Å². The lowest BCUT2D eigenvalue weighted by molar-refractivity contribution is 0.0697. The lowest BCUT2D eigenvalue weighted by atomic mass is 10.1. The molecule has 4 nitrogen and oxygen atoms in total. The van der Waals surface area contributed by atoms with Crippen molar-refractivity contribution < 1.29 is 14.3 Å². The maximum atomic E-state index is 11.0. The van der Waals surface area contributed by atoms with E-state index in [4.69, 9.17) is 21.1 Å². The standard InChI is InChI=1S/C20H11BrClNO3/c21-15-4-1-12(2-5-15)14(11-23)9-16-6-8-19(26-16)13-3-7-17(20(24)25)18(22)10-13/h1-10H,(H,24,25)/b14-9-. The quantitative estimate of drug-likeness (QED) is 0.508. The maximum absolute atomic E-state index is 11.0. The minimum atomic E-state index is -1.09. The minimum absolute atomic E-state index is 0.0316. The van der Waals surface area contributed by atoms with Crippen LogP contribution in [0.5, 0.6) is 0 Å². The molecular weight excluding hydrogens is 418 g/mol. The molecule has 3 aromatic rings. The normalized spacial score (nSPS) is 11.2. The molecule has 0 saturated heterocycles. The molecule has 0 unspecified atom stereocenters. The van der Waals surface area contributed by atoms with E-state index in [-0.39, 0.29) is 10.6 Å². The largest absolute Gasteiger partial charge is 0.478 e. The van der Waals surface area contributed by atoms with E-state index in [9.17, 15) is 10.1 Å². The Labute approximate surface area is 163 Å². The van der Waals surface area contributed by atoms with Gasteiger partial charge in [-0.25, -0.2) is 4.79 Å². The number of carboxylic acid groups (broad SMARTS) is 1. The van der Waals surface area contributed by atoms with Crippen molar-refractivity contribution in [2.24, 2.45) is 0 Å². The van der Waals surface area contributed by atoms with Crippen molar-refractivity contribution in [1.29, 1.82) is 5.26 Å². The Morgan fingerprint density at radius 3 is 2.50 bits per heavy atom. The van der Waals surface area contributed by atoms with Gasteiger partial charge in [0.25, 0.3) is 0 Å². The molecule has 128 valence electrons. The first-order valence-electron chi connectivity index (χ1n) is 7.48. The van der Waals surface area contributed by atoms with Crippen LogP contribution in [-0.4, -0.2) is 11.1 Å². The van der Waals surface area contributed by atoms with Crippen LogP contribution < -0.4 is 0 Å². The van der Waals surface area contributed by atoms with Crippen molar-refractivity contribution >= 4 is 45.1 Å². The number of rotatable bonds is 4. The molecule has 0 aliphatic carbocycles. The molecule has 0 amide bonds. The van der Waals surface area contributed by atoms with Crippen molar-refractivity contribution in [1.82, 2.24) is 0 Å². The molecule has 1 heterocycles. The van der Waals surface area contributed by atoms with Crippen LogP contribution in [0.2, 0.25) is 5.02 Å². The highest BCUT2D eigenvalue weighted by Crippen LogP contribution is 2.29. The molecule has 0 spiro atoms. The summed E-state index contributed by atoms with van der Waals surface area (Å²) < 4.78 is 6.69. The zero-order chi connectivity index (χ0) is 18.7. The Morgan fingerprint density at radius 2 is 1.88 bits per heavy atom. The molecule has 0 radical (unpaired) electrons. The summed E-state index contributed by atoms with van der Waals surface area (Å²) in [6.45, 7) is 0. The van der Waals surface area contributed by atoms with E-state index in [1.54, 1.807) is 24.3 Å². The van der Waals surface area contributed by atoms with E-state index in [0.717, 1.165) is 10.0 Å². The minimum Gasteiger partial charge on any atom is -0.478 e. The van der Waals surface area contributed by atoms with Gasteiger partial charge in [-0.1, -0.05) is 45.7 Å². The molecule has 2 aromatic carbocycles. The van der Waals surface area contributed by atoms with Crippen LogP contribution >= 0.6 is 27.5 Å². The molecule has 1 N–H and O–H groups in total. The predicted molar refractivity (Wildman–Crippen MR) is 104 cm³/mol. The van der Waals surface area contributed by atoms with E-state index in [0.29, 0.717) is 22.7 Å². The van der Waals surface area contributed by atoms with Gasteiger partial charge in [0, 0.05) is 10.0 Å². The zero-order valence-corrected chi connectivity index (χ0v) is 15.6. The van der Waals surface area contributed by atoms with Crippen LogP contribution in [0.1, 0.15) is 21.7 Å². The van der Waals surface area contributed by atoms with Gasteiger partial charge in [0.15, 0.2) is 0 Å². The number of carbonyl (C=O) groups is 1. The number of allylic oxidation sites excluding steroid dienone is 1. The monoisotopic (exact) mass is 427 g/mol. The number of nitriles is 1. The number of carboxylic acids is 1. The first-order valence-corrected chi connectivity index (χ1v) is 8.66. The molecule has 0 bridgehead atoms. The molecule has 26 heavy (non-hydrogen) atoms. The van der Waals surface area contributed by atoms with Gasteiger partial charge in [-0.2, -0.15) is 5.26 Å². The zero-order valence-electron chi connectivity index (χ0n) is 13.2. The summed E-state index contributed by atoms with van der Waals surface area (Å²) in [5, 5.41) is 18.6. The number of hydrogen-bond acceptors (Lipinski definition) is 3. The number of aromatic carboxylic acids is 1. The third-order valence-corrected chi connectivity index (χ3v) is 4.51. The average Bonchev–Trinajstić information content (AvgIpc) is 3.09. The van der Waals surface area contributed by atoms with E-state index < -0.39 is 5.97 Å². The second-order valence-electron chi connectivity index (χ2n) is 5.38. The summed E-state index contributed by atoms with van der Waals surface area (Å²) in [4.78, 5) is 11.0. The van der Waals surface area contributed by atoms with Crippen molar-refractivity contribution in [3.63, 3.8) is 0 Å². The molecule has 0 aliphatic heterocycles. The second-order valence-corrected chi connectivity index (χ2v) is 6.70. The first kappa shape index (κ1) is 18.0. The van der Waals surface area contributed by atoms with Gasteiger partial charge in [-0.05, 0) is 48.0 Å². The fourth-order valence-electron chi connectivity index (χ4n) is 2.38. The van der Waals surface area contributed by atoms with Crippen LogP contribution in [0.4, 0.5) is 0 Å². The Hall–Kier alpha value is -2.81. The lowest BCUT2D eigenvalue weighted by Gasteiger charge is -2.02. The van der Waals surface area contributed by atoms with Crippen molar-refractivity contribution in [2.75, 3.05) is 0 Å². The van der Waals surface area contributed by atoms with Crippen molar-refractivity contribution in [2.45, 2.75) is 0 Å². The van der Waals surface area contributed by atoms with Gasteiger partial charge in [0.2, 0.25) is 0 Å². The fourth-order valence-corrected chi connectivity index (χ4v) is 2.90. The Bertz CT molecular complexity index is 1050. The summed E-state index contributed by atoms with van der Waals surface area (Å²) in [6, 6.07) is 17.6. The third kappa shape index (κ3) is 3.88. The molecule has 0 atom stereocenters. The van der Waals surface area contributed by atoms with Crippen LogP contribution in [0.15, 0.2) is 63.5 Å². The molecular formula is C20H11BrClNO3. The smallest absolute Gasteiger partial charge is 0.337 e. The summed E-state index contributed by atoms with van der Waals surface area (Å²) >= 11 is 9.36. The topological polar surface area (TPSA) is 74.2 Å². The van der Waals surface area contributed by atoms with Gasteiger partial charge >= 0.3 is 5.97 Å². The third-order valence-electron chi connectivity index (χ3n) is 3.67. The average molecular weight is 429 g/mol. The van der Waals surface area contributed by atoms with Gasteiger partial charge in [-0.15, -0.1) is 0 Å². The SMILES string of the molecule is N#C/C(=C/c1ccc(-c2ccc(C(=O)O)c(Cl)c2)o1)c1ccc(Br)cc1. The van der Waals surface area contributed by atoms with Crippen molar-refractivity contribution in [3.8, 4) is 17.4 Å². The van der Waals surface area contributed by atoms with Crippen molar-refractivity contribution in [3.05, 3.63) is 81.0 Å². The highest BCUT2D eigenvalue weighted by atomic mass is 79.9. The number of hydrogen-bond donors (Lipinski definition) is 1. The number of furan rings is 1. The van der Waals surface area contributed by atoms with Gasteiger partial charge < -0.3 is 9.52 Å². The highest BCUT2D eigenvalue weighted by Gasteiger charge is 2.12. The van der Waals surface area contributed by atoms with E-state index >= 15 is 0 Å². The summed E-state index contributed by atoms with van der Waals surface area (Å²) in [7, 11) is 0. The van der Waals surface area contributed by atoms with E-state index in [1.807, 2.05) is 24.3 Å². The second kappa shape index (κ2) is 7.61. The number of nitrogens with zero attached hydrogens (tertiary/aromatic N) is 1. The molecule has 0 saturated carbocycles. The fraction of sp³-hybridized carbons (Fsp3) is 0. The molecule has 0 fully saturated rings. The van der Waals surface area contributed by atoms with E-state index in [2.05, 4.69) is 22.0 Å². The lowest BCUT2D eigenvalue weighted by Crippen LogP contribution is -1.96. The summed E-state index contributed by atoms with van der Waals surface area (Å²) in [5.41, 5.74) is 1.94. The van der Waals surface area contributed by atoms with Crippen LogP contribution in [0.25, 0.3) is 23.0 Å². The molecule has 0 aliphatic rings. The van der Waals surface area contributed by atoms with Gasteiger partial charge in [0.1, 0.15) is 11.5 Å². The Balaban J connectivity index is 1.92. The van der Waals surface area contributed by atoms with Gasteiger partial charge in [0.05, 0.1) is 22.2 Å². The Kier molecular flexibility index (Phi) is 5.27. The number of benzene rings is 2.